The minimum atomic E-state index is 0.316. The number of hydrogen-bond donors (Lipinski definition) is 1. The molecular weight excluding hydrogens is 234 g/mol. The molecule has 0 bridgehead atoms. The molecule has 1 N–H and O–H groups in total. The largest absolute Gasteiger partial charge is 0.313 e. The van der Waals surface area contributed by atoms with E-state index in [2.05, 4.69) is 55.6 Å². The van der Waals surface area contributed by atoms with Crippen LogP contribution in [-0.2, 0) is 13.5 Å². The maximum Gasteiger partial charge on any atom is 0.0641 e. The van der Waals surface area contributed by atoms with Crippen molar-refractivity contribution in [3.05, 3.63) is 52.3 Å². The van der Waals surface area contributed by atoms with Gasteiger partial charge in [0.05, 0.1) is 5.69 Å². The zero-order valence-corrected chi connectivity index (χ0v) is 12.5. The van der Waals surface area contributed by atoms with Crippen LogP contribution in [0.15, 0.2) is 24.4 Å². The molecule has 1 heterocycles. The van der Waals surface area contributed by atoms with E-state index >= 15 is 0 Å². The molecule has 3 heteroatoms. The van der Waals surface area contributed by atoms with Gasteiger partial charge in [0.1, 0.15) is 0 Å². The molecule has 1 unspecified atom stereocenters. The summed E-state index contributed by atoms with van der Waals surface area (Å²) < 4.78 is 1.88. The van der Waals surface area contributed by atoms with Gasteiger partial charge >= 0.3 is 0 Å². The van der Waals surface area contributed by atoms with Crippen molar-refractivity contribution in [1.29, 1.82) is 0 Å². The van der Waals surface area contributed by atoms with Crippen LogP contribution in [0.5, 0.6) is 0 Å². The zero-order chi connectivity index (χ0) is 14.0. The monoisotopic (exact) mass is 257 g/mol. The highest BCUT2D eigenvalue weighted by Crippen LogP contribution is 2.21. The Bertz CT molecular complexity index is 569. The summed E-state index contributed by atoms with van der Waals surface area (Å²) in [5.41, 5.74) is 6.46. The van der Waals surface area contributed by atoms with Crippen molar-refractivity contribution in [3.63, 3.8) is 0 Å². The maximum absolute atomic E-state index is 4.43. The van der Waals surface area contributed by atoms with Gasteiger partial charge in [0, 0.05) is 24.8 Å². The zero-order valence-electron chi connectivity index (χ0n) is 12.5. The fourth-order valence-corrected chi connectivity index (χ4v) is 2.49. The molecule has 0 radical (unpaired) electrons. The topological polar surface area (TPSA) is 29.9 Å². The first-order valence-corrected chi connectivity index (χ1v) is 6.74. The van der Waals surface area contributed by atoms with Crippen molar-refractivity contribution in [1.82, 2.24) is 15.1 Å². The van der Waals surface area contributed by atoms with E-state index in [1.807, 2.05) is 18.8 Å². The second-order valence-electron chi connectivity index (χ2n) is 5.31. The van der Waals surface area contributed by atoms with Crippen molar-refractivity contribution >= 4 is 0 Å². The Morgan fingerprint density at radius 3 is 2.47 bits per heavy atom. The molecular formula is C16H23N3. The van der Waals surface area contributed by atoms with Gasteiger partial charge in [-0.3, -0.25) is 4.68 Å². The third kappa shape index (κ3) is 3.04. The third-order valence-electron chi connectivity index (χ3n) is 3.79. The van der Waals surface area contributed by atoms with E-state index in [0.29, 0.717) is 6.04 Å². The quantitative estimate of drug-likeness (QED) is 0.912. The van der Waals surface area contributed by atoms with Crippen LogP contribution < -0.4 is 5.32 Å². The molecule has 0 amide bonds. The van der Waals surface area contributed by atoms with E-state index in [-0.39, 0.29) is 0 Å². The minimum Gasteiger partial charge on any atom is -0.313 e. The van der Waals surface area contributed by atoms with Crippen molar-refractivity contribution in [3.8, 4) is 0 Å². The van der Waals surface area contributed by atoms with Gasteiger partial charge < -0.3 is 5.32 Å². The number of likely N-dealkylation sites (N-methyl/N-ethyl adjacent to an activating group) is 1. The Kier molecular flexibility index (Phi) is 4.05. The molecule has 0 aliphatic heterocycles. The number of benzene rings is 1. The van der Waals surface area contributed by atoms with E-state index in [1.54, 1.807) is 0 Å². The molecule has 0 spiro atoms. The lowest BCUT2D eigenvalue weighted by molar-refractivity contribution is 0.588. The van der Waals surface area contributed by atoms with E-state index < -0.39 is 0 Å². The smallest absolute Gasteiger partial charge is 0.0641 e. The average Bonchev–Trinajstić information content (AvgIpc) is 2.70. The molecule has 102 valence electrons. The van der Waals surface area contributed by atoms with Crippen molar-refractivity contribution in [2.45, 2.75) is 33.2 Å². The van der Waals surface area contributed by atoms with Gasteiger partial charge in [-0.2, -0.15) is 5.10 Å². The Balaban J connectivity index is 2.23. The number of aryl methyl sites for hydroxylation is 4. The Morgan fingerprint density at radius 1 is 1.21 bits per heavy atom. The highest BCUT2D eigenvalue weighted by atomic mass is 15.3. The van der Waals surface area contributed by atoms with Gasteiger partial charge in [-0.15, -0.1) is 0 Å². The number of nitrogens with zero attached hydrogens (tertiary/aromatic N) is 2. The first kappa shape index (κ1) is 13.8. The first-order valence-electron chi connectivity index (χ1n) is 6.74. The van der Waals surface area contributed by atoms with E-state index in [9.17, 15) is 0 Å². The van der Waals surface area contributed by atoms with E-state index in [4.69, 9.17) is 0 Å². The van der Waals surface area contributed by atoms with Crippen LogP contribution in [0, 0.1) is 20.8 Å². The molecule has 2 rings (SSSR count). The summed E-state index contributed by atoms with van der Waals surface area (Å²) in [6.07, 6.45) is 3.10. The standard InChI is InChI=1S/C16H23N3/c1-11-6-7-14(8-12(11)2)9-16(17-4)15-10-19(5)18-13(15)3/h6-8,10,16-17H,9H2,1-5H3. The molecule has 0 fully saturated rings. The van der Waals surface area contributed by atoms with Gasteiger partial charge in [0.2, 0.25) is 0 Å². The van der Waals surface area contributed by atoms with E-state index in [0.717, 1.165) is 12.1 Å². The van der Waals surface area contributed by atoms with Crippen molar-refractivity contribution in [2.24, 2.45) is 7.05 Å². The van der Waals surface area contributed by atoms with Crippen LogP contribution in [0.1, 0.15) is 34.0 Å². The summed E-state index contributed by atoms with van der Waals surface area (Å²) in [7, 11) is 3.98. The first-order chi connectivity index (χ1) is 9.01. The number of hydrogen-bond acceptors (Lipinski definition) is 2. The maximum atomic E-state index is 4.43. The van der Waals surface area contributed by atoms with Crippen LogP contribution in [-0.4, -0.2) is 16.8 Å². The molecule has 0 aliphatic carbocycles. The molecule has 0 saturated heterocycles. The van der Waals surface area contributed by atoms with Crippen molar-refractivity contribution in [2.75, 3.05) is 7.05 Å². The fourth-order valence-electron chi connectivity index (χ4n) is 2.49. The molecule has 2 aromatic rings. The summed E-state index contributed by atoms with van der Waals surface area (Å²) in [5.74, 6) is 0. The summed E-state index contributed by atoms with van der Waals surface area (Å²) in [6.45, 7) is 6.39. The van der Waals surface area contributed by atoms with Crippen LogP contribution in [0.3, 0.4) is 0 Å². The Morgan fingerprint density at radius 2 is 1.95 bits per heavy atom. The number of aromatic nitrogens is 2. The average molecular weight is 257 g/mol. The third-order valence-corrected chi connectivity index (χ3v) is 3.79. The number of rotatable bonds is 4. The number of nitrogens with one attached hydrogen (secondary N) is 1. The van der Waals surface area contributed by atoms with Gasteiger partial charge in [0.15, 0.2) is 0 Å². The summed E-state index contributed by atoms with van der Waals surface area (Å²) in [5, 5.41) is 7.83. The highest BCUT2D eigenvalue weighted by molar-refractivity contribution is 5.32. The van der Waals surface area contributed by atoms with Crippen LogP contribution in [0.25, 0.3) is 0 Å². The predicted molar refractivity (Wildman–Crippen MR) is 79.4 cm³/mol. The fraction of sp³-hybridized carbons (Fsp3) is 0.438. The van der Waals surface area contributed by atoms with E-state index in [1.165, 1.54) is 22.3 Å². The molecule has 0 aliphatic rings. The van der Waals surface area contributed by atoms with Gasteiger partial charge in [-0.05, 0) is 50.9 Å². The van der Waals surface area contributed by atoms with Crippen molar-refractivity contribution < 1.29 is 0 Å². The second-order valence-corrected chi connectivity index (χ2v) is 5.31. The van der Waals surface area contributed by atoms with Crippen LogP contribution in [0.2, 0.25) is 0 Å². The van der Waals surface area contributed by atoms with Gasteiger partial charge in [0.25, 0.3) is 0 Å². The summed E-state index contributed by atoms with van der Waals surface area (Å²) in [4.78, 5) is 0. The van der Waals surface area contributed by atoms with Gasteiger partial charge in [-0.1, -0.05) is 18.2 Å². The molecule has 0 saturated carbocycles. The Hall–Kier alpha value is -1.61. The normalized spacial score (nSPS) is 12.7. The minimum absolute atomic E-state index is 0.316. The molecule has 3 nitrogen and oxygen atoms in total. The predicted octanol–water partition coefficient (Wildman–Crippen LogP) is 2.85. The second kappa shape index (κ2) is 5.57. The molecule has 1 atom stereocenters. The van der Waals surface area contributed by atoms with Crippen LogP contribution in [0.4, 0.5) is 0 Å². The SMILES string of the molecule is CNC(Cc1ccc(C)c(C)c1)c1cn(C)nc1C. The lowest BCUT2D eigenvalue weighted by Crippen LogP contribution is -2.19. The lowest BCUT2D eigenvalue weighted by atomic mass is 9.97. The summed E-state index contributed by atoms with van der Waals surface area (Å²) >= 11 is 0. The molecule has 1 aromatic carbocycles. The molecule has 1 aromatic heterocycles. The lowest BCUT2D eigenvalue weighted by Gasteiger charge is -2.16. The van der Waals surface area contributed by atoms with Gasteiger partial charge in [-0.25, -0.2) is 0 Å². The highest BCUT2D eigenvalue weighted by Gasteiger charge is 2.15. The van der Waals surface area contributed by atoms with Crippen LogP contribution >= 0.6 is 0 Å². The Labute approximate surface area is 115 Å². The summed E-state index contributed by atoms with van der Waals surface area (Å²) in [6, 6.07) is 7.02. The molecule has 19 heavy (non-hydrogen) atoms.